The Balaban J connectivity index is 1.57. The lowest BCUT2D eigenvalue weighted by Crippen LogP contribution is -2.38. The van der Waals surface area contributed by atoms with Gasteiger partial charge in [0.05, 0.1) is 28.9 Å². The van der Waals surface area contributed by atoms with Gasteiger partial charge in [-0.15, -0.1) is 11.3 Å². The summed E-state index contributed by atoms with van der Waals surface area (Å²) in [5.41, 5.74) is 0.820. The summed E-state index contributed by atoms with van der Waals surface area (Å²) in [6.07, 6.45) is 0. The minimum absolute atomic E-state index is 0.0795. The zero-order valence-corrected chi connectivity index (χ0v) is 14.3. The van der Waals surface area contributed by atoms with Crippen molar-refractivity contribution in [3.05, 3.63) is 64.9 Å². The summed E-state index contributed by atoms with van der Waals surface area (Å²) in [4.78, 5) is 30.1. The molecule has 0 radical (unpaired) electrons. The first-order valence-corrected chi connectivity index (χ1v) is 8.47. The zero-order valence-electron chi connectivity index (χ0n) is 13.5. The maximum Gasteiger partial charge on any atom is 0.254 e. The van der Waals surface area contributed by atoms with Crippen LogP contribution in [0, 0.1) is 5.82 Å². The van der Waals surface area contributed by atoms with Crippen molar-refractivity contribution >= 4 is 33.4 Å². The monoisotopic (exact) mass is 357 g/mol. The number of hydrogen-bond acceptors (Lipinski definition) is 4. The van der Waals surface area contributed by atoms with Crippen LogP contribution in [0.15, 0.2) is 48.5 Å². The number of carbonyl (C=O) groups excluding carboxylic acids is 2. The Kier molecular flexibility index (Phi) is 5.04. The van der Waals surface area contributed by atoms with E-state index in [1.54, 1.807) is 13.1 Å². The van der Waals surface area contributed by atoms with Crippen molar-refractivity contribution in [2.75, 3.05) is 13.6 Å². The van der Waals surface area contributed by atoms with Crippen molar-refractivity contribution in [3.8, 4) is 0 Å². The van der Waals surface area contributed by atoms with Crippen LogP contribution in [0.25, 0.3) is 10.2 Å². The highest BCUT2D eigenvalue weighted by molar-refractivity contribution is 7.18. The van der Waals surface area contributed by atoms with E-state index >= 15 is 0 Å². The molecule has 7 heteroatoms. The molecule has 1 heterocycles. The van der Waals surface area contributed by atoms with Gasteiger partial charge in [0, 0.05) is 7.05 Å². The highest BCUT2D eigenvalue weighted by Crippen LogP contribution is 2.22. The van der Waals surface area contributed by atoms with Gasteiger partial charge in [0.1, 0.15) is 10.8 Å². The number of aromatic nitrogens is 1. The van der Waals surface area contributed by atoms with Crippen molar-refractivity contribution in [2.24, 2.45) is 0 Å². The number of rotatable bonds is 5. The average molecular weight is 357 g/mol. The van der Waals surface area contributed by atoms with Crippen LogP contribution in [0.5, 0.6) is 0 Å². The Labute approximate surface area is 148 Å². The van der Waals surface area contributed by atoms with E-state index in [2.05, 4.69) is 10.3 Å². The lowest BCUT2D eigenvalue weighted by Gasteiger charge is -2.16. The number of carbonyl (C=O) groups is 2. The minimum atomic E-state index is -0.615. The molecule has 2 amide bonds. The molecule has 1 aromatic heterocycles. The molecule has 2 aromatic carbocycles. The fourth-order valence-corrected chi connectivity index (χ4v) is 3.33. The summed E-state index contributed by atoms with van der Waals surface area (Å²) in [5.74, 6) is -1.50. The van der Waals surface area contributed by atoms with Crippen LogP contribution in [0.1, 0.15) is 15.4 Å². The third-order valence-corrected chi connectivity index (χ3v) is 4.68. The number of halogens is 1. The van der Waals surface area contributed by atoms with Gasteiger partial charge in [-0.3, -0.25) is 9.59 Å². The van der Waals surface area contributed by atoms with Gasteiger partial charge in [-0.05, 0) is 24.3 Å². The van der Waals surface area contributed by atoms with Gasteiger partial charge in [-0.25, -0.2) is 9.37 Å². The van der Waals surface area contributed by atoms with Crippen molar-refractivity contribution < 1.29 is 14.0 Å². The molecule has 5 nitrogen and oxygen atoms in total. The summed E-state index contributed by atoms with van der Waals surface area (Å²) in [6.45, 7) is 0.155. The van der Waals surface area contributed by atoms with Gasteiger partial charge in [0.2, 0.25) is 5.91 Å². The topological polar surface area (TPSA) is 62.3 Å². The molecule has 0 saturated heterocycles. The number of nitrogens with one attached hydrogen (secondary N) is 1. The molecule has 3 aromatic rings. The second-order valence-electron chi connectivity index (χ2n) is 5.49. The highest BCUT2D eigenvalue weighted by atomic mass is 32.1. The Morgan fingerprint density at radius 3 is 2.64 bits per heavy atom. The second-order valence-corrected chi connectivity index (χ2v) is 6.60. The van der Waals surface area contributed by atoms with Crippen LogP contribution in [-0.2, 0) is 11.3 Å². The van der Waals surface area contributed by atoms with E-state index in [0.29, 0.717) is 6.54 Å². The van der Waals surface area contributed by atoms with Gasteiger partial charge in [-0.2, -0.15) is 0 Å². The van der Waals surface area contributed by atoms with Gasteiger partial charge < -0.3 is 10.2 Å². The molecule has 0 aliphatic carbocycles. The number of fused-ring (bicyclic) bond motifs is 1. The fraction of sp³-hybridized carbons (Fsp3) is 0.167. The highest BCUT2D eigenvalue weighted by Gasteiger charge is 2.15. The average Bonchev–Trinajstić information content (AvgIpc) is 3.01. The summed E-state index contributed by atoms with van der Waals surface area (Å²) in [5, 5.41) is 3.26. The Hall–Kier alpha value is -2.80. The largest absolute Gasteiger partial charge is 0.343 e. The van der Waals surface area contributed by atoms with Crippen LogP contribution in [-0.4, -0.2) is 35.3 Å². The molecule has 0 bridgehead atoms. The van der Waals surface area contributed by atoms with Crippen LogP contribution >= 0.6 is 11.3 Å². The minimum Gasteiger partial charge on any atom is -0.343 e. The van der Waals surface area contributed by atoms with Gasteiger partial charge in [0.15, 0.2) is 0 Å². The lowest BCUT2D eigenvalue weighted by atomic mass is 10.2. The van der Waals surface area contributed by atoms with Crippen molar-refractivity contribution in [1.82, 2.24) is 15.2 Å². The summed E-state index contributed by atoms with van der Waals surface area (Å²) >= 11 is 1.52. The summed E-state index contributed by atoms with van der Waals surface area (Å²) < 4.78 is 14.6. The van der Waals surface area contributed by atoms with Gasteiger partial charge >= 0.3 is 0 Å². The fourth-order valence-electron chi connectivity index (χ4n) is 2.31. The Bertz CT molecular complexity index is 892. The SMILES string of the molecule is CN(Cc1nc2ccccc2s1)C(=O)CNC(=O)c1ccccc1F. The molecule has 128 valence electrons. The maximum absolute atomic E-state index is 13.5. The van der Waals surface area contributed by atoms with Crippen molar-refractivity contribution in [2.45, 2.75) is 6.54 Å². The van der Waals surface area contributed by atoms with E-state index < -0.39 is 11.7 Å². The molecular weight excluding hydrogens is 341 g/mol. The second kappa shape index (κ2) is 7.40. The number of likely N-dealkylation sites (N-methyl/N-ethyl adjacent to an activating group) is 1. The molecule has 3 rings (SSSR count). The van der Waals surface area contributed by atoms with Crippen LogP contribution < -0.4 is 5.32 Å². The quantitative estimate of drug-likeness (QED) is 0.764. The molecule has 0 spiro atoms. The molecule has 25 heavy (non-hydrogen) atoms. The lowest BCUT2D eigenvalue weighted by molar-refractivity contribution is -0.129. The number of amides is 2. The van der Waals surface area contributed by atoms with E-state index in [1.165, 1.54) is 34.4 Å². The molecule has 0 unspecified atom stereocenters. The van der Waals surface area contributed by atoms with Crippen LogP contribution in [0.3, 0.4) is 0 Å². The summed E-state index contributed by atoms with van der Waals surface area (Å²) in [7, 11) is 1.64. The van der Waals surface area contributed by atoms with Crippen molar-refractivity contribution in [3.63, 3.8) is 0 Å². The molecule has 1 N–H and O–H groups in total. The Morgan fingerprint density at radius 1 is 1.16 bits per heavy atom. The maximum atomic E-state index is 13.5. The number of nitrogens with zero attached hydrogens (tertiary/aromatic N) is 2. The first-order valence-electron chi connectivity index (χ1n) is 7.66. The third kappa shape index (κ3) is 4.00. The number of hydrogen-bond donors (Lipinski definition) is 1. The van der Waals surface area contributed by atoms with Crippen molar-refractivity contribution in [1.29, 1.82) is 0 Å². The predicted octanol–water partition coefficient (Wildman–Crippen LogP) is 2.82. The van der Waals surface area contributed by atoms with E-state index in [-0.39, 0.29) is 18.0 Å². The van der Waals surface area contributed by atoms with E-state index in [9.17, 15) is 14.0 Å². The summed E-state index contributed by atoms with van der Waals surface area (Å²) in [6, 6.07) is 13.4. The van der Waals surface area contributed by atoms with E-state index in [4.69, 9.17) is 0 Å². The normalized spacial score (nSPS) is 10.6. The molecule has 0 saturated carbocycles. The molecule has 0 atom stereocenters. The van der Waals surface area contributed by atoms with Gasteiger partial charge in [0.25, 0.3) is 5.91 Å². The zero-order chi connectivity index (χ0) is 17.8. The first kappa shape index (κ1) is 17.0. The smallest absolute Gasteiger partial charge is 0.254 e. The molecule has 0 aliphatic rings. The Morgan fingerprint density at radius 2 is 1.88 bits per heavy atom. The number of para-hydroxylation sites is 1. The van der Waals surface area contributed by atoms with Gasteiger partial charge in [-0.1, -0.05) is 24.3 Å². The predicted molar refractivity (Wildman–Crippen MR) is 94.8 cm³/mol. The molecular formula is C18H16FN3O2S. The van der Waals surface area contributed by atoms with Crippen LogP contribution in [0.4, 0.5) is 4.39 Å². The van der Waals surface area contributed by atoms with Crippen LogP contribution in [0.2, 0.25) is 0 Å². The van der Waals surface area contributed by atoms with E-state index in [1.807, 2.05) is 24.3 Å². The molecule has 0 fully saturated rings. The first-order chi connectivity index (χ1) is 12.0. The molecule has 0 aliphatic heterocycles. The number of thiazole rings is 1. The number of benzene rings is 2. The standard InChI is InChI=1S/C18H16FN3O2S/c1-22(11-16-21-14-8-4-5-9-15(14)25-16)17(23)10-20-18(24)12-6-2-3-7-13(12)19/h2-9H,10-11H2,1H3,(H,20,24). The van der Waals surface area contributed by atoms with E-state index in [0.717, 1.165) is 15.2 Å². The third-order valence-electron chi connectivity index (χ3n) is 3.66.